The summed E-state index contributed by atoms with van der Waals surface area (Å²) in [6.07, 6.45) is -0.239. The molecule has 0 unspecified atom stereocenters. The average Bonchev–Trinajstić information content (AvgIpc) is 2.61. The Kier molecular flexibility index (Phi) is 7.05. The van der Waals surface area contributed by atoms with Crippen LogP contribution in [0.25, 0.3) is 0 Å². The van der Waals surface area contributed by atoms with Gasteiger partial charge in [0.15, 0.2) is 11.5 Å². The van der Waals surface area contributed by atoms with E-state index in [2.05, 4.69) is 5.32 Å². The largest absolute Gasteiger partial charge is 0.493 e. The SMILES string of the molecule is COc1ccc(C[C@@H](C)NC[C@H](O)c2cccc(Cl)c2F)cc1OC. The van der Waals surface area contributed by atoms with Gasteiger partial charge in [0.25, 0.3) is 0 Å². The highest BCUT2D eigenvalue weighted by Crippen LogP contribution is 2.28. The predicted octanol–water partition coefficient (Wildman–Crippen LogP) is 3.75. The molecule has 0 aromatic heterocycles. The maximum absolute atomic E-state index is 13.9. The maximum atomic E-state index is 13.9. The van der Waals surface area contributed by atoms with Crippen molar-refractivity contribution in [3.05, 3.63) is 58.4 Å². The molecule has 0 aliphatic rings. The lowest BCUT2D eigenvalue weighted by Gasteiger charge is -2.19. The van der Waals surface area contributed by atoms with Gasteiger partial charge in [0, 0.05) is 18.2 Å². The first-order valence-corrected chi connectivity index (χ1v) is 8.40. The molecule has 2 aromatic carbocycles. The van der Waals surface area contributed by atoms with Crippen LogP contribution in [0.1, 0.15) is 24.2 Å². The van der Waals surface area contributed by atoms with Crippen LogP contribution in [0, 0.1) is 5.82 Å². The highest BCUT2D eigenvalue weighted by molar-refractivity contribution is 6.30. The molecule has 2 atom stereocenters. The van der Waals surface area contributed by atoms with Gasteiger partial charge >= 0.3 is 0 Å². The summed E-state index contributed by atoms with van der Waals surface area (Å²) >= 11 is 5.75. The second kappa shape index (κ2) is 9.04. The van der Waals surface area contributed by atoms with E-state index in [-0.39, 0.29) is 23.2 Å². The normalized spacial score (nSPS) is 13.4. The van der Waals surface area contributed by atoms with E-state index in [0.717, 1.165) is 12.0 Å². The van der Waals surface area contributed by atoms with Crippen molar-refractivity contribution in [3.8, 4) is 11.5 Å². The first kappa shape index (κ1) is 19.5. The smallest absolute Gasteiger partial charge is 0.160 e. The molecule has 2 aromatic rings. The predicted molar refractivity (Wildman–Crippen MR) is 97.1 cm³/mol. The Morgan fingerprint density at radius 3 is 2.56 bits per heavy atom. The molecule has 0 saturated carbocycles. The zero-order valence-electron chi connectivity index (χ0n) is 14.6. The quantitative estimate of drug-likeness (QED) is 0.746. The van der Waals surface area contributed by atoms with E-state index in [9.17, 15) is 9.50 Å². The fourth-order valence-corrected chi connectivity index (χ4v) is 2.82. The highest BCUT2D eigenvalue weighted by atomic mass is 35.5. The molecule has 0 aliphatic carbocycles. The third-order valence-electron chi connectivity index (χ3n) is 3.99. The molecule has 0 heterocycles. The summed E-state index contributed by atoms with van der Waals surface area (Å²) in [5, 5.41) is 13.4. The molecule has 4 nitrogen and oxygen atoms in total. The van der Waals surface area contributed by atoms with E-state index in [1.165, 1.54) is 12.1 Å². The van der Waals surface area contributed by atoms with Gasteiger partial charge in [0.05, 0.1) is 25.3 Å². The number of hydrogen-bond donors (Lipinski definition) is 2. The summed E-state index contributed by atoms with van der Waals surface area (Å²) in [6, 6.07) is 10.4. The Bertz CT molecular complexity index is 711. The number of ether oxygens (including phenoxy) is 2. The second-order valence-corrected chi connectivity index (χ2v) is 6.27. The first-order chi connectivity index (χ1) is 12.0. The van der Waals surface area contributed by atoms with Crippen LogP contribution in [-0.4, -0.2) is 31.9 Å². The number of rotatable bonds is 8. The number of aliphatic hydroxyl groups excluding tert-OH is 1. The van der Waals surface area contributed by atoms with Gasteiger partial charge in [-0.2, -0.15) is 0 Å². The molecule has 0 aliphatic heterocycles. The van der Waals surface area contributed by atoms with Gasteiger partial charge in [-0.05, 0) is 37.1 Å². The van der Waals surface area contributed by atoms with Gasteiger partial charge < -0.3 is 19.9 Å². The average molecular weight is 368 g/mol. The fourth-order valence-electron chi connectivity index (χ4n) is 2.63. The Hall–Kier alpha value is -1.82. The standard InChI is InChI=1S/C19H23ClFNO3/c1-12(9-13-7-8-17(24-2)18(10-13)25-3)22-11-16(23)14-5-4-6-15(20)19(14)21/h4-8,10,12,16,22-23H,9,11H2,1-3H3/t12-,16+/m1/s1. The van der Waals surface area contributed by atoms with E-state index < -0.39 is 11.9 Å². The van der Waals surface area contributed by atoms with Crippen LogP contribution < -0.4 is 14.8 Å². The lowest BCUT2D eigenvalue weighted by atomic mass is 10.0. The van der Waals surface area contributed by atoms with Crippen molar-refractivity contribution >= 4 is 11.6 Å². The van der Waals surface area contributed by atoms with Crippen LogP contribution in [0.5, 0.6) is 11.5 Å². The van der Waals surface area contributed by atoms with Crippen LogP contribution in [0.2, 0.25) is 5.02 Å². The minimum Gasteiger partial charge on any atom is -0.493 e. The summed E-state index contributed by atoms with van der Waals surface area (Å²) in [7, 11) is 3.19. The van der Waals surface area contributed by atoms with E-state index in [1.54, 1.807) is 20.3 Å². The molecule has 25 heavy (non-hydrogen) atoms. The van der Waals surface area contributed by atoms with Crippen molar-refractivity contribution in [1.82, 2.24) is 5.32 Å². The number of halogens is 2. The highest BCUT2D eigenvalue weighted by Gasteiger charge is 2.16. The van der Waals surface area contributed by atoms with Crippen LogP contribution in [0.4, 0.5) is 4.39 Å². The van der Waals surface area contributed by atoms with Gasteiger partial charge in [-0.1, -0.05) is 29.8 Å². The van der Waals surface area contributed by atoms with Gasteiger partial charge in [-0.3, -0.25) is 0 Å². The van der Waals surface area contributed by atoms with Crippen LogP contribution in [0.3, 0.4) is 0 Å². The zero-order valence-corrected chi connectivity index (χ0v) is 15.3. The molecule has 2 N–H and O–H groups in total. The number of hydrogen-bond acceptors (Lipinski definition) is 4. The second-order valence-electron chi connectivity index (χ2n) is 5.86. The molecule has 6 heteroatoms. The molecule has 2 rings (SSSR count). The minimum atomic E-state index is -0.966. The lowest BCUT2D eigenvalue weighted by Crippen LogP contribution is -2.32. The monoisotopic (exact) mass is 367 g/mol. The molecule has 0 bridgehead atoms. The van der Waals surface area contributed by atoms with Crippen molar-refractivity contribution in [3.63, 3.8) is 0 Å². The van der Waals surface area contributed by atoms with Crippen LogP contribution in [0.15, 0.2) is 36.4 Å². The summed E-state index contributed by atoms with van der Waals surface area (Å²) in [6.45, 7) is 2.23. The zero-order chi connectivity index (χ0) is 18.4. The summed E-state index contributed by atoms with van der Waals surface area (Å²) < 4.78 is 24.5. The molecule has 0 radical (unpaired) electrons. The van der Waals surface area contributed by atoms with E-state index >= 15 is 0 Å². The third kappa shape index (κ3) is 5.08. The molecular weight excluding hydrogens is 345 g/mol. The summed E-state index contributed by atoms with van der Waals surface area (Å²) in [5.74, 6) is 0.776. The van der Waals surface area contributed by atoms with Crippen molar-refractivity contribution in [2.24, 2.45) is 0 Å². The third-order valence-corrected chi connectivity index (χ3v) is 4.28. The first-order valence-electron chi connectivity index (χ1n) is 8.02. The van der Waals surface area contributed by atoms with Crippen molar-refractivity contribution < 1.29 is 19.0 Å². The molecule has 0 spiro atoms. The van der Waals surface area contributed by atoms with Crippen molar-refractivity contribution in [1.29, 1.82) is 0 Å². The minimum absolute atomic E-state index is 0.00919. The fraction of sp³-hybridized carbons (Fsp3) is 0.368. The molecule has 0 fully saturated rings. The molecular formula is C19H23ClFNO3. The molecule has 0 amide bonds. The van der Waals surface area contributed by atoms with E-state index in [1.807, 2.05) is 25.1 Å². The topological polar surface area (TPSA) is 50.7 Å². The van der Waals surface area contributed by atoms with Crippen LogP contribution in [-0.2, 0) is 6.42 Å². The van der Waals surface area contributed by atoms with Gasteiger partial charge in [-0.25, -0.2) is 4.39 Å². The Morgan fingerprint density at radius 2 is 1.88 bits per heavy atom. The number of methoxy groups -OCH3 is 2. The van der Waals surface area contributed by atoms with E-state index in [0.29, 0.717) is 11.5 Å². The van der Waals surface area contributed by atoms with Crippen molar-refractivity contribution in [2.45, 2.75) is 25.5 Å². The van der Waals surface area contributed by atoms with Crippen molar-refractivity contribution in [2.75, 3.05) is 20.8 Å². The number of aliphatic hydroxyl groups is 1. The Labute approximate surface area is 152 Å². The maximum Gasteiger partial charge on any atom is 0.160 e. The summed E-state index contributed by atoms with van der Waals surface area (Å²) in [5.41, 5.74) is 1.26. The van der Waals surface area contributed by atoms with Crippen LogP contribution >= 0.6 is 11.6 Å². The molecule has 136 valence electrons. The van der Waals surface area contributed by atoms with E-state index in [4.69, 9.17) is 21.1 Å². The summed E-state index contributed by atoms with van der Waals surface area (Å²) in [4.78, 5) is 0. The number of nitrogens with one attached hydrogen (secondary N) is 1. The van der Waals surface area contributed by atoms with Gasteiger partial charge in [0.1, 0.15) is 5.82 Å². The number of benzene rings is 2. The van der Waals surface area contributed by atoms with Gasteiger partial charge in [-0.15, -0.1) is 0 Å². The Balaban J connectivity index is 1.94. The molecule has 0 saturated heterocycles. The lowest BCUT2D eigenvalue weighted by molar-refractivity contribution is 0.166. The van der Waals surface area contributed by atoms with Gasteiger partial charge in [0.2, 0.25) is 0 Å². The Morgan fingerprint density at radius 1 is 1.16 bits per heavy atom.